The minimum absolute atomic E-state index is 0.210. The summed E-state index contributed by atoms with van der Waals surface area (Å²) in [7, 11) is 1.84. The summed E-state index contributed by atoms with van der Waals surface area (Å²) in [6, 6.07) is 0.210. The second-order valence-electron chi connectivity index (χ2n) is 4.76. The number of amides is 1. The van der Waals surface area contributed by atoms with Crippen molar-refractivity contribution in [1.82, 2.24) is 20.1 Å². The molecule has 1 rings (SSSR count). The minimum Gasteiger partial charge on any atom is -0.368 e. The van der Waals surface area contributed by atoms with E-state index >= 15 is 0 Å². The van der Waals surface area contributed by atoms with E-state index in [0.29, 0.717) is 6.42 Å². The van der Waals surface area contributed by atoms with Crippen LogP contribution in [0, 0.1) is 0 Å². The Bertz CT molecular complexity index is 406. The van der Waals surface area contributed by atoms with Crippen LogP contribution in [0.2, 0.25) is 0 Å². The molecular weight excluding hydrogens is 250 g/mol. The van der Waals surface area contributed by atoms with E-state index in [0.717, 1.165) is 10.9 Å². The van der Waals surface area contributed by atoms with E-state index in [-0.39, 0.29) is 11.9 Å². The van der Waals surface area contributed by atoms with Gasteiger partial charge in [0.1, 0.15) is 6.33 Å². The van der Waals surface area contributed by atoms with Gasteiger partial charge >= 0.3 is 0 Å². The molecule has 1 unspecified atom stereocenters. The van der Waals surface area contributed by atoms with E-state index in [2.05, 4.69) is 15.4 Å². The molecule has 0 aliphatic rings. The van der Waals surface area contributed by atoms with Crippen LogP contribution in [0.1, 0.15) is 27.2 Å². The lowest BCUT2D eigenvalue weighted by Gasteiger charge is -2.29. The first-order chi connectivity index (χ1) is 8.35. The summed E-state index contributed by atoms with van der Waals surface area (Å²) in [5.41, 5.74) is 4.78. The largest absolute Gasteiger partial charge is 0.368 e. The zero-order valence-electron chi connectivity index (χ0n) is 11.3. The molecule has 0 aliphatic heterocycles. The van der Waals surface area contributed by atoms with Gasteiger partial charge in [-0.3, -0.25) is 4.79 Å². The Kier molecular flexibility index (Phi) is 5.15. The molecule has 0 spiro atoms. The normalized spacial score (nSPS) is 14.7. The van der Waals surface area contributed by atoms with E-state index in [4.69, 9.17) is 5.73 Å². The van der Waals surface area contributed by atoms with Gasteiger partial charge < -0.3 is 11.1 Å². The highest BCUT2D eigenvalue weighted by Crippen LogP contribution is 2.19. The number of aryl methyl sites for hydroxylation is 1. The zero-order valence-corrected chi connectivity index (χ0v) is 12.1. The average Bonchev–Trinajstić information content (AvgIpc) is 2.63. The Morgan fingerprint density at radius 2 is 2.33 bits per heavy atom. The van der Waals surface area contributed by atoms with E-state index in [1.54, 1.807) is 16.4 Å². The summed E-state index contributed by atoms with van der Waals surface area (Å²) in [6.07, 6.45) is 2.17. The van der Waals surface area contributed by atoms with Crippen molar-refractivity contribution in [2.75, 3.05) is 5.75 Å². The predicted molar refractivity (Wildman–Crippen MR) is 72.2 cm³/mol. The van der Waals surface area contributed by atoms with E-state index in [1.165, 1.54) is 6.33 Å². The molecule has 0 aliphatic carbocycles. The number of primary amides is 1. The number of rotatable bonds is 7. The molecule has 0 radical (unpaired) electrons. The molecule has 0 fully saturated rings. The summed E-state index contributed by atoms with van der Waals surface area (Å²) in [6.45, 7) is 5.83. The van der Waals surface area contributed by atoms with Crippen molar-refractivity contribution in [2.24, 2.45) is 12.8 Å². The first kappa shape index (κ1) is 15.0. The van der Waals surface area contributed by atoms with Gasteiger partial charge in [0.25, 0.3) is 0 Å². The Morgan fingerprint density at radius 1 is 1.67 bits per heavy atom. The highest BCUT2D eigenvalue weighted by Gasteiger charge is 2.31. The zero-order chi connectivity index (χ0) is 13.8. The van der Waals surface area contributed by atoms with Gasteiger partial charge in [0.15, 0.2) is 5.16 Å². The molecule has 1 aromatic heterocycles. The fourth-order valence-corrected chi connectivity index (χ4v) is 2.71. The maximum absolute atomic E-state index is 11.5. The number of nitrogens with one attached hydrogen (secondary N) is 1. The molecule has 6 nitrogen and oxygen atoms in total. The monoisotopic (exact) mass is 271 g/mol. The second kappa shape index (κ2) is 6.19. The third kappa shape index (κ3) is 3.99. The maximum Gasteiger partial charge on any atom is 0.237 e. The van der Waals surface area contributed by atoms with Gasteiger partial charge in [-0.15, -0.1) is 0 Å². The fraction of sp³-hybridized carbons (Fsp3) is 0.727. The van der Waals surface area contributed by atoms with Gasteiger partial charge in [0.05, 0.1) is 5.54 Å². The van der Waals surface area contributed by atoms with Crippen molar-refractivity contribution >= 4 is 17.7 Å². The highest BCUT2D eigenvalue weighted by molar-refractivity contribution is 7.99. The fourth-order valence-electron chi connectivity index (χ4n) is 1.67. The molecule has 7 heteroatoms. The number of carbonyl (C=O) groups is 1. The molecule has 1 atom stereocenters. The first-order valence-corrected chi connectivity index (χ1v) is 6.88. The lowest BCUT2D eigenvalue weighted by Crippen LogP contribution is -2.55. The third-order valence-corrected chi connectivity index (χ3v) is 3.69. The molecule has 18 heavy (non-hydrogen) atoms. The van der Waals surface area contributed by atoms with Crippen LogP contribution in [0.5, 0.6) is 0 Å². The van der Waals surface area contributed by atoms with Crippen LogP contribution in [0.25, 0.3) is 0 Å². The molecule has 3 N–H and O–H groups in total. The predicted octanol–water partition coefficient (Wildman–Crippen LogP) is 0.539. The Hall–Kier alpha value is -1.08. The number of aromatic nitrogens is 3. The first-order valence-electron chi connectivity index (χ1n) is 5.89. The van der Waals surface area contributed by atoms with Gasteiger partial charge in [-0.05, 0) is 27.2 Å². The van der Waals surface area contributed by atoms with Crippen molar-refractivity contribution in [3.63, 3.8) is 0 Å². The smallest absolute Gasteiger partial charge is 0.237 e. The number of hydrogen-bond donors (Lipinski definition) is 2. The number of nitrogens with two attached hydrogens (primary N) is 1. The van der Waals surface area contributed by atoms with Crippen molar-refractivity contribution in [1.29, 1.82) is 0 Å². The van der Waals surface area contributed by atoms with Crippen molar-refractivity contribution in [2.45, 2.75) is 43.9 Å². The summed E-state index contributed by atoms with van der Waals surface area (Å²) in [4.78, 5) is 15.7. The van der Waals surface area contributed by atoms with E-state index < -0.39 is 5.54 Å². The van der Waals surface area contributed by atoms with Gasteiger partial charge in [0.2, 0.25) is 5.91 Å². The maximum atomic E-state index is 11.5. The van der Waals surface area contributed by atoms with Crippen LogP contribution in [0.4, 0.5) is 0 Å². The van der Waals surface area contributed by atoms with Crippen LogP contribution in [-0.2, 0) is 11.8 Å². The molecular formula is C11H21N5OS. The minimum atomic E-state index is -0.681. The molecule has 1 heterocycles. The topological polar surface area (TPSA) is 85.8 Å². The lowest BCUT2D eigenvalue weighted by molar-refractivity contribution is -0.124. The number of nitrogens with zero attached hydrogens (tertiary/aromatic N) is 3. The van der Waals surface area contributed by atoms with Gasteiger partial charge in [-0.25, -0.2) is 9.67 Å². The molecule has 0 bridgehead atoms. The summed E-state index contributed by atoms with van der Waals surface area (Å²) < 4.78 is 1.71. The lowest BCUT2D eigenvalue weighted by atomic mass is 9.97. The van der Waals surface area contributed by atoms with Crippen LogP contribution in [0.15, 0.2) is 11.5 Å². The summed E-state index contributed by atoms with van der Waals surface area (Å²) >= 11 is 1.57. The Balaban J connectivity index is 2.53. The SMILES string of the molecule is CC(C)NC(C)(CCSc1ncnn1C)C(N)=O. The second-order valence-corrected chi connectivity index (χ2v) is 5.82. The Morgan fingerprint density at radius 3 is 2.78 bits per heavy atom. The highest BCUT2D eigenvalue weighted by atomic mass is 32.2. The average molecular weight is 271 g/mol. The molecule has 1 amide bonds. The van der Waals surface area contributed by atoms with Crippen LogP contribution in [-0.4, -0.2) is 38.0 Å². The van der Waals surface area contributed by atoms with Crippen molar-refractivity contribution in [3.8, 4) is 0 Å². The van der Waals surface area contributed by atoms with Gasteiger partial charge in [0, 0.05) is 18.8 Å². The Labute approximate surface area is 112 Å². The van der Waals surface area contributed by atoms with Crippen molar-refractivity contribution in [3.05, 3.63) is 6.33 Å². The molecule has 102 valence electrons. The number of thioether (sulfide) groups is 1. The van der Waals surface area contributed by atoms with Crippen molar-refractivity contribution < 1.29 is 4.79 Å². The molecule has 1 aromatic rings. The third-order valence-electron chi connectivity index (χ3n) is 2.65. The molecule has 0 saturated carbocycles. The van der Waals surface area contributed by atoms with Crippen LogP contribution in [0.3, 0.4) is 0 Å². The summed E-state index contributed by atoms with van der Waals surface area (Å²) in [5.74, 6) is 0.431. The standard InChI is InChI=1S/C11H21N5OS/c1-8(2)15-11(3,9(12)17)5-6-18-10-13-7-14-16(10)4/h7-8,15H,5-6H2,1-4H3,(H2,12,17). The molecule has 0 saturated heterocycles. The number of carbonyl (C=O) groups excluding carboxylic acids is 1. The van der Waals surface area contributed by atoms with E-state index in [1.807, 2.05) is 27.8 Å². The molecule has 0 aromatic carbocycles. The van der Waals surface area contributed by atoms with Crippen LogP contribution >= 0.6 is 11.8 Å². The quantitative estimate of drug-likeness (QED) is 0.707. The van der Waals surface area contributed by atoms with E-state index in [9.17, 15) is 4.79 Å². The van der Waals surface area contributed by atoms with Gasteiger partial charge in [-0.2, -0.15) is 5.10 Å². The van der Waals surface area contributed by atoms with Crippen LogP contribution < -0.4 is 11.1 Å². The summed E-state index contributed by atoms with van der Waals surface area (Å²) in [5, 5.41) is 8.05. The number of hydrogen-bond acceptors (Lipinski definition) is 5. The van der Waals surface area contributed by atoms with Gasteiger partial charge in [-0.1, -0.05) is 11.8 Å².